The van der Waals surface area contributed by atoms with E-state index >= 15 is 0 Å². The lowest BCUT2D eigenvalue weighted by molar-refractivity contribution is -0.0886. The average molecular weight is 367 g/mol. The Hall–Kier alpha value is -2.35. The van der Waals surface area contributed by atoms with Gasteiger partial charge in [0.1, 0.15) is 5.82 Å². The molecule has 1 aliphatic rings. The van der Waals surface area contributed by atoms with E-state index in [-0.39, 0.29) is 18.0 Å². The molecule has 0 amide bonds. The fourth-order valence-electron chi connectivity index (χ4n) is 3.21. The lowest BCUT2D eigenvalue weighted by atomic mass is 9.81. The van der Waals surface area contributed by atoms with Crippen molar-refractivity contribution in [1.82, 2.24) is 19.6 Å². The maximum absolute atomic E-state index is 13.3. The molecule has 0 saturated heterocycles. The quantitative estimate of drug-likeness (QED) is 0.649. The van der Waals surface area contributed by atoms with Crippen molar-refractivity contribution < 1.29 is 18.3 Å². The van der Waals surface area contributed by atoms with Gasteiger partial charge in [0.25, 0.3) is 0 Å². The summed E-state index contributed by atoms with van der Waals surface area (Å²) in [4.78, 5) is 16.1. The molecule has 0 bridgehead atoms. The molecule has 1 fully saturated rings. The topological polar surface area (TPSA) is 69.4 Å². The smallest absolute Gasteiger partial charge is 0.338 e. The lowest BCUT2D eigenvalue weighted by Gasteiger charge is -2.33. The number of aromatic nitrogens is 4. The van der Waals surface area contributed by atoms with Gasteiger partial charge in [-0.3, -0.25) is 4.40 Å². The van der Waals surface area contributed by atoms with Crippen LogP contribution in [0.2, 0.25) is 5.15 Å². The molecule has 3 aromatic rings. The third-order valence-electron chi connectivity index (χ3n) is 4.51. The van der Waals surface area contributed by atoms with E-state index in [2.05, 4.69) is 15.2 Å². The van der Waals surface area contributed by atoms with E-state index in [0.29, 0.717) is 33.6 Å². The molecule has 130 valence electrons. The van der Waals surface area contributed by atoms with Crippen LogP contribution >= 0.6 is 11.6 Å². The first-order valence-corrected chi connectivity index (χ1v) is 7.99. The Balaban J connectivity index is 1.97. The summed E-state index contributed by atoms with van der Waals surface area (Å²) in [6.07, 6.45) is -0.539. The van der Waals surface area contributed by atoms with Crippen LogP contribution in [0.3, 0.4) is 0 Å². The van der Waals surface area contributed by atoms with E-state index < -0.39 is 17.8 Å². The van der Waals surface area contributed by atoms with Crippen LogP contribution in [-0.4, -0.2) is 38.6 Å². The summed E-state index contributed by atoms with van der Waals surface area (Å²) in [7, 11) is 1.30. The van der Waals surface area contributed by atoms with Crippen LogP contribution in [0, 0.1) is 6.92 Å². The number of rotatable bonds is 2. The van der Waals surface area contributed by atoms with Crippen molar-refractivity contribution in [2.45, 2.75) is 31.6 Å². The van der Waals surface area contributed by atoms with Gasteiger partial charge in [0.05, 0.1) is 23.7 Å². The van der Waals surface area contributed by atoms with Crippen molar-refractivity contribution in [3.63, 3.8) is 0 Å². The number of carbonyl (C=O) groups excluding carboxylic acids is 1. The number of ether oxygens (including phenoxy) is 1. The number of halogens is 3. The van der Waals surface area contributed by atoms with E-state index in [0.717, 1.165) is 0 Å². The van der Waals surface area contributed by atoms with Crippen molar-refractivity contribution in [3.05, 3.63) is 34.2 Å². The molecule has 0 radical (unpaired) electrons. The van der Waals surface area contributed by atoms with Crippen molar-refractivity contribution >= 4 is 34.3 Å². The van der Waals surface area contributed by atoms with Crippen molar-refractivity contribution in [3.8, 4) is 0 Å². The van der Waals surface area contributed by atoms with Crippen LogP contribution in [0.5, 0.6) is 0 Å². The van der Waals surface area contributed by atoms with E-state index in [1.54, 1.807) is 23.5 Å². The van der Waals surface area contributed by atoms with Gasteiger partial charge in [-0.25, -0.2) is 18.6 Å². The van der Waals surface area contributed by atoms with Gasteiger partial charge in [0.2, 0.25) is 5.92 Å². The molecule has 1 aromatic carbocycles. The molecular weight excluding hydrogens is 354 g/mol. The maximum Gasteiger partial charge on any atom is 0.338 e. The zero-order valence-electron chi connectivity index (χ0n) is 13.4. The zero-order valence-corrected chi connectivity index (χ0v) is 14.1. The molecule has 0 spiro atoms. The number of hydrogen-bond donors (Lipinski definition) is 0. The van der Waals surface area contributed by atoms with Crippen molar-refractivity contribution in [1.29, 1.82) is 0 Å². The van der Waals surface area contributed by atoms with Gasteiger partial charge in [-0.1, -0.05) is 11.6 Å². The Morgan fingerprint density at radius 2 is 2.08 bits per heavy atom. The van der Waals surface area contributed by atoms with E-state index in [4.69, 9.17) is 16.3 Å². The summed E-state index contributed by atoms with van der Waals surface area (Å²) in [6.45, 7) is 1.76. The summed E-state index contributed by atoms with van der Waals surface area (Å²) >= 11 is 6.18. The van der Waals surface area contributed by atoms with Crippen molar-refractivity contribution in [2.75, 3.05) is 7.11 Å². The Bertz CT molecular complexity index is 1030. The Morgan fingerprint density at radius 1 is 1.36 bits per heavy atom. The first-order valence-electron chi connectivity index (χ1n) is 7.62. The largest absolute Gasteiger partial charge is 0.465 e. The molecular formula is C16H13ClF2N4O2. The van der Waals surface area contributed by atoms with E-state index in [1.807, 2.05) is 0 Å². The third kappa shape index (κ3) is 2.43. The monoisotopic (exact) mass is 366 g/mol. The highest BCUT2D eigenvalue weighted by atomic mass is 35.5. The molecule has 1 aliphatic carbocycles. The molecule has 0 N–H and O–H groups in total. The molecule has 1 saturated carbocycles. The number of benzene rings is 1. The number of methoxy groups -OCH3 is 1. The van der Waals surface area contributed by atoms with Crippen LogP contribution < -0.4 is 0 Å². The zero-order chi connectivity index (χ0) is 17.9. The summed E-state index contributed by atoms with van der Waals surface area (Å²) in [5.41, 5.74) is 2.39. The molecule has 0 atom stereocenters. The number of aryl methyl sites for hydroxylation is 1. The van der Waals surface area contributed by atoms with Crippen LogP contribution in [-0.2, 0) is 4.74 Å². The lowest BCUT2D eigenvalue weighted by Crippen LogP contribution is -2.34. The minimum absolute atomic E-state index is 0.0944. The second-order valence-corrected chi connectivity index (χ2v) is 6.59. The summed E-state index contributed by atoms with van der Waals surface area (Å²) < 4.78 is 33.0. The highest BCUT2D eigenvalue weighted by molar-refractivity contribution is 6.32. The van der Waals surface area contributed by atoms with Crippen LogP contribution in [0.1, 0.15) is 40.5 Å². The van der Waals surface area contributed by atoms with Gasteiger partial charge in [0, 0.05) is 18.8 Å². The number of alkyl halides is 2. The molecule has 0 aliphatic heterocycles. The highest BCUT2D eigenvalue weighted by Gasteiger charge is 2.48. The molecule has 2 heterocycles. The number of nitrogens with zero attached hydrogens (tertiary/aromatic N) is 4. The summed E-state index contributed by atoms with van der Waals surface area (Å²) in [5, 5.41) is 8.16. The Morgan fingerprint density at radius 3 is 2.72 bits per heavy atom. The predicted octanol–water partition coefficient (Wildman–Crippen LogP) is 3.54. The first kappa shape index (κ1) is 16.1. The number of esters is 1. The predicted molar refractivity (Wildman–Crippen MR) is 86.3 cm³/mol. The molecule has 6 nitrogen and oxygen atoms in total. The number of carbonyl (C=O) groups is 1. The van der Waals surface area contributed by atoms with Crippen LogP contribution in [0.4, 0.5) is 8.78 Å². The van der Waals surface area contributed by atoms with E-state index in [9.17, 15) is 13.6 Å². The molecule has 25 heavy (non-hydrogen) atoms. The van der Waals surface area contributed by atoms with Gasteiger partial charge < -0.3 is 4.74 Å². The number of fused-ring (bicyclic) bond motifs is 3. The second kappa shape index (κ2) is 5.32. The van der Waals surface area contributed by atoms with Crippen LogP contribution in [0.25, 0.3) is 16.7 Å². The normalized spacial score (nSPS) is 17.0. The summed E-state index contributed by atoms with van der Waals surface area (Å²) in [6, 6.07) is 3.31. The van der Waals surface area contributed by atoms with Gasteiger partial charge in [-0.2, -0.15) is 0 Å². The first-order chi connectivity index (χ1) is 11.8. The summed E-state index contributed by atoms with van der Waals surface area (Å²) in [5.74, 6) is -3.12. The van der Waals surface area contributed by atoms with Crippen LogP contribution in [0.15, 0.2) is 12.1 Å². The third-order valence-corrected chi connectivity index (χ3v) is 4.77. The second-order valence-electron chi connectivity index (χ2n) is 6.23. The Labute approximate surface area is 145 Å². The molecule has 2 aromatic heterocycles. The van der Waals surface area contributed by atoms with Gasteiger partial charge >= 0.3 is 5.97 Å². The number of hydrogen-bond acceptors (Lipinski definition) is 5. The highest BCUT2D eigenvalue weighted by Crippen LogP contribution is 2.48. The van der Waals surface area contributed by atoms with Gasteiger partial charge in [-0.15, -0.1) is 10.2 Å². The fourth-order valence-corrected chi connectivity index (χ4v) is 3.42. The Kier molecular flexibility index (Phi) is 3.44. The minimum atomic E-state index is -2.67. The fraction of sp³-hybridized carbons (Fsp3) is 0.375. The van der Waals surface area contributed by atoms with Gasteiger partial charge in [-0.05, 0) is 24.6 Å². The SMILES string of the molecule is COC(=O)c1cc2nc(Cl)c3nnc(C4CC(F)(F)C4)n3c2cc1C. The minimum Gasteiger partial charge on any atom is -0.465 e. The van der Waals surface area contributed by atoms with Crippen molar-refractivity contribution in [2.24, 2.45) is 0 Å². The molecule has 4 rings (SSSR count). The molecule has 0 unspecified atom stereocenters. The van der Waals surface area contributed by atoms with Gasteiger partial charge in [0.15, 0.2) is 10.8 Å². The average Bonchev–Trinajstić information content (AvgIpc) is 2.97. The van der Waals surface area contributed by atoms with E-state index in [1.165, 1.54) is 7.11 Å². The molecule has 9 heteroatoms. The standard InChI is InChI=1S/C16H13ClF2N4O2/c1-7-3-11-10(4-9(7)15(24)25-2)20-12(17)14-22-21-13(23(11)14)8-5-16(18,19)6-8/h3-4,8H,5-6H2,1-2H3. The maximum atomic E-state index is 13.3.